The van der Waals surface area contributed by atoms with Gasteiger partial charge in [0.25, 0.3) is 0 Å². The Bertz CT molecular complexity index is 1150. The fraction of sp³-hybridized carbons (Fsp3) is 0.679. The molecule has 2 spiro atoms. The van der Waals surface area contributed by atoms with Crippen LogP contribution in [0.5, 0.6) is 0 Å². The zero-order valence-electron chi connectivity index (χ0n) is 21.3. The fourth-order valence-corrected chi connectivity index (χ4v) is 8.89. The second-order valence-electron chi connectivity index (χ2n) is 11.7. The molecule has 0 bridgehead atoms. The highest BCUT2D eigenvalue weighted by molar-refractivity contribution is 5.96. The Kier molecular flexibility index (Phi) is 4.74. The monoisotopic (exact) mass is 482 g/mol. The average Bonchev–Trinajstić information content (AvgIpc) is 3.10. The first-order valence-electron chi connectivity index (χ1n) is 12.7. The molecule has 3 heterocycles. The molecule has 7 nitrogen and oxygen atoms in total. The van der Waals surface area contributed by atoms with Crippen LogP contribution >= 0.6 is 0 Å². The van der Waals surface area contributed by atoms with Gasteiger partial charge in [0.15, 0.2) is 17.2 Å². The predicted octanol–water partition coefficient (Wildman–Crippen LogP) is 3.96. The summed E-state index contributed by atoms with van der Waals surface area (Å²) in [4.78, 5) is 38.3. The van der Waals surface area contributed by atoms with Gasteiger partial charge >= 0.3 is 5.97 Å². The third-order valence-corrected chi connectivity index (χ3v) is 10.2. The lowest BCUT2D eigenvalue weighted by molar-refractivity contribution is -0.228. The minimum absolute atomic E-state index is 0.0165. The number of carbonyl (C=O) groups excluding carboxylic acids is 3. The van der Waals surface area contributed by atoms with Crippen LogP contribution in [0.2, 0.25) is 0 Å². The molecule has 3 aliphatic carbocycles. The lowest BCUT2D eigenvalue weighted by Crippen LogP contribution is -2.68. The molecule has 0 aromatic carbocycles. The number of Topliss-reactive ketones (excluding diaryl/α,β-unsaturated/α-hetero) is 1. The molecule has 0 aromatic rings. The van der Waals surface area contributed by atoms with E-state index in [0.717, 1.165) is 17.6 Å². The Morgan fingerprint density at radius 1 is 1.09 bits per heavy atom. The van der Waals surface area contributed by atoms with Crippen LogP contribution in [0.1, 0.15) is 67.2 Å². The van der Waals surface area contributed by atoms with Crippen molar-refractivity contribution in [1.82, 2.24) is 0 Å². The van der Waals surface area contributed by atoms with Crippen molar-refractivity contribution in [2.75, 3.05) is 0 Å². The summed E-state index contributed by atoms with van der Waals surface area (Å²) < 4.78 is 26.1. The van der Waals surface area contributed by atoms with Gasteiger partial charge in [0.05, 0.1) is 17.6 Å². The molecule has 0 aromatic heterocycles. The largest absolute Gasteiger partial charge is 0.484 e. The second kappa shape index (κ2) is 7.16. The maximum atomic E-state index is 13.1. The number of hydrogen-bond acceptors (Lipinski definition) is 7. The van der Waals surface area contributed by atoms with Crippen molar-refractivity contribution in [3.8, 4) is 0 Å². The van der Waals surface area contributed by atoms with Gasteiger partial charge in [-0.05, 0) is 58.1 Å². The highest BCUT2D eigenvalue weighted by Gasteiger charge is 2.82. The van der Waals surface area contributed by atoms with Gasteiger partial charge in [0, 0.05) is 36.7 Å². The van der Waals surface area contributed by atoms with Gasteiger partial charge in [0.1, 0.15) is 11.9 Å². The third-order valence-electron chi connectivity index (χ3n) is 10.2. The molecule has 0 N–H and O–H groups in total. The van der Waals surface area contributed by atoms with Crippen LogP contribution in [-0.4, -0.2) is 47.7 Å². The quantitative estimate of drug-likeness (QED) is 0.413. The molecular formula is C28H34O7. The Balaban J connectivity index is 1.63. The van der Waals surface area contributed by atoms with E-state index >= 15 is 0 Å². The molecule has 3 fully saturated rings. The Morgan fingerprint density at radius 2 is 1.83 bits per heavy atom. The Labute approximate surface area is 205 Å². The first-order chi connectivity index (χ1) is 16.5. The topological polar surface area (TPSA) is 88.1 Å². The van der Waals surface area contributed by atoms with E-state index in [1.54, 1.807) is 13.0 Å². The van der Waals surface area contributed by atoms with E-state index < -0.39 is 29.4 Å². The number of rotatable bonds is 1. The lowest BCUT2D eigenvalue weighted by atomic mass is 9.42. The number of allylic oxidation sites excluding steroid dienone is 4. The molecular weight excluding hydrogens is 448 g/mol. The van der Waals surface area contributed by atoms with Crippen molar-refractivity contribution in [3.63, 3.8) is 0 Å². The molecule has 7 heteroatoms. The van der Waals surface area contributed by atoms with Crippen LogP contribution < -0.4 is 0 Å². The van der Waals surface area contributed by atoms with Gasteiger partial charge in [0.2, 0.25) is 6.29 Å². The molecule has 6 aliphatic rings. The van der Waals surface area contributed by atoms with E-state index in [9.17, 15) is 14.4 Å². The summed E-state index contributed by atoms with van der Waals surface area (Å²) in [6.07, 6.45) is 3.88. The molecule has 9 unspecified atom stereocenters. The summed E-state index contributed by atoms with van der Waals surface area (Å²) in [5.41, 5.74) is 0.521. The standard InChI is InChI=1S/C28H34O7/c1-13-9-18(30)11-22-26(6)19(13)7-8-27-24(26)21(33-22)10-14(2)28(27)23(34-25(27)32-17(5)29)12-20(31)15(3)16(4)35-28/h9-10,19,21-25H,7-8,11-12H2,1-6H3. The first kappa shape index (κ1) is 23.2. The van der Waals surface area contributed by atoms with Gasteiger partial charge in [-0.25, -0.2) is 0 Å². The predicted molar refractivity (Wildman–Crippen MR) is 125 cm³/mol. The zero-order chi connectivity index (χ0) is 25.1. The smallest absolute Gasteiger partial charge is 0.304 e. The van der Waals surface area contributed by atoms with Crippen molar-refractivity contribution in [3.05, 3.63) is 34.6 Å². The van der Waals surface area contributed by atoms with E-state index in [1.807, 2.05) is 13.8 Å². The molecule has 35 heavy (non-hydrogen) atoms. The van der Waals surface area contributed by atoms with Crippen LogP contribution in [-0.2, 0) is 33.3 Å². The highest BCUT2D eigenvalue weighted by Crippen LogP contribution is 2.75. The molecule has 1 saturated carbocycles. The summed E-state index contributed by atoms with van der Waals surface area (Å²) >= 11 is 0. The van der Waals surface area contributed by atoms with Crippen molar-refractivity contribution in [2.24, 2.45) is 22.7 Å². The van der Waals surface area contributed by atoms with E-state index in [0.29, 0.717) is 24.2 Å². The summed E-state index contributed by atoms with van der Waals surface area (Å²) in [6, 6.07) is 0. The van der Waals surface area contributed by atoms with E-state index in [2.05, 4.69) is 19.9 Å². The van der Waals surface area contributed by atoms with Gasteiger partial charge in [-0.1, -0.05) is 18.6 Å². The van der Waals surface area contributed by atoms with Crippen molar-refractivity contribution >= 4 is 17.5 Å². The summed E-state index contributed by atoms with van der Waals surface area (Å²) in [5.74, 6) is 0.277. The average molecular weight is 483 g/mol. The van der Waals surface area contributed by atoms with Gasteiger partial charge in [-0.15, -0.1) is 0 Å². The lowest BCUT2D eigenvalue weighted by Gasteiger charge is -2.62. The minimum atomic E-state index is -0.966. The van der Waals surface area contributed by atoms with Gasteiger partial charge in [-0.2, -0.15) is 0 Å². The molecule has 188 valence electrons. The van der Waals surface area contributed by atoms with Crippen LogP contribution in [0.25, 0.3) is 0 Å². The second-order valence-corrected chi connectivity index (χ2v) is 11.7. The van der Waals surface area contributed by atoms with Crippen LogP contribution in [0.3, 0.4) is 0 Å². The molecule has 2 saturated heterocycles. The fourth-order valence-electron chi connectivity index (χ4n) is 8.89. The summed E-state index contributed by atoms with van der Waals surface area (Å²) in [6.45, 7) is 11.3. The van der Waals surface area contributed by atoms with Gasteiger partial charge < -0.3 is 18.9 Å². The number of ketones is 2. The molecule has 6 rings (SSSR count). The normalized spacial score (nSPS) is 48.1. The van der Waals surface area contributed by atoms with Crippen LogP contribution in [0, 0.1) is 22.7 Å². The number of esters is 1. The van der Waals surface area contributed by atoms with E-state index in [1.165, 1.54) is 6.92 Å². The zero-order valence-corrected chi connectivity index (χ0v) is 21.3. The number of ether oxygens (including phenoxy) is 4. The van der Waals surface area contributed by atoms with Gasteiger partial charge in [-0.3, -0.25) is 14.4 Å². The molecule has 3 aliphatic heterocycles. The Morgan fingerprint density at radius 3 is 2.54 bits per heavy atom. The van der Waals surface area contributed by atoms with Crippen LogP contribution in [0.15, 0.2) is 34.6 Å². The summed E-state index contributed by atoms with van der Waals surface area (Å²) in [7, 11) is 0. The van der Waals surface area contributed by atoms with E-state index in [-0.39, 0.29) is 47.4 Å². The molecule has 9 atom stereocenters. The van der Waals surface area contributed by atoms with Crippen LogP contribution in [0.4, 0.5) is 0 Å². The van der Waals surface area contributed by atoms with Crippen molar-refractivity contribution < 1.29 is 33.3 Å². The SMILES string of the molecule is CC(=O)OC1OC2CC(=O)C(C)=C(C)OC23C(C)=CC2OC4CC(=O)C=C(C)C5CCC13C2C45C. The number of carbonyl (C=O) groups is 3. The minimum Gasteiger partial charge on any atom is -0.484 e. The van der Waals surface area contributed by atoms with Crippen molar-refractivity contribution in [1.29, 1.82) is 0 Å². The maximum Gasteiger partial charge on any atom is 0.304 e. The number of hydrogen-bond donors (Lipinski definition) is 0. The van der Waals surface area contributed by atoms with Crippen molar-refractivity contribution in [2.45, 2.75) is 97.4 Å². The molecule has 0 amide bonds. The summed E-state index contributed by atoms with van der Waals surface area (Å²) in [5, 5.41) is 0. The first-order valence-corrected chi connectivity index (χ1v) is 12.7. The highest BCUT2D eigenvalue weighted by atomic mass is 16.7. The van der Waals surface area contributed by atoms with E-state index in [4.69, 9.17) is 18.9 Å². The molecule has 0 radical (unpaired) electrons. The Hall–Kier alpha value is -2.25. The maximum absolute atomic E-state index is 13.1. The third kappa shape index (κ3) is 2.61.